The lowest BCUT2D eigenvalue weighted by atomic mass is 10.0. The van der Waals surface area contributed by atoms with Crippen LogP contribution in [0.25, 0.3) is 0 Å². The molecule has 2 N–H and O–H groups in total. The van der Waals surface area contributed by atoms with E-state index in [-0.39, 0.29) is 10.6 Å². The Morgan fingerprint density at radius 2 is 2.37 bits per heavy atom. The monoisotopic (exact) mass is 285 g/mol. The molecule has 1 heterocycles. The largest absolute Gasteiger partial charge is 0.388 e. The van der Waals surface area contributed by atoms with E-state index in [0.29, 0.717) is 25.2 Å². The number of nitrogens with zero attached hydrogens (tertiary/aromatic N) is 2. The molecule has 1 unspecified atom stereocenters. The van der Waals surface area contributed by atoms with Crippen molar-refractivity contribution in [3.05, 3.63) is 34.2 Å². The molecule has 0 aliphatic heterocycles. The number of hydrogen-bond donors (Lipinski definition) is 2. The average Bonchev–Trinajstić information content (AvgIpc) is 2.34. The highest BCUT2D eigenvalue weighted by atomic mass is 35.5. The fourth-order valence-corrected chi connectivity index (χ4v) is 1.97. The molecule has 1 atom stereocenters. The van der Waals surface area contributed by atoms with Crippen LogP contribution in [-0.2, 0) is 6.54 Å². The molecule has 6 heteroatoms. The molecule has 0 aromatic carbocycles. The van der Waals surface area contributed by atoms with Crippen LogP contribution in [0.1, 0.15) is 26.7 Å². The predicted molar refractivity (Wildman–Crippen MR) is 77.7 cm³/mol. The first kappa shape index (κ1) is 15.7. The number of hydrogen-bond acceptors (Lipinski definition) is 4. The zero-order valence-electron chi connectivity index (χ0n) is 11.3. The van der Waals surface area contributed by atoms with Gasteiger partial charge in [-0.15, -0.1) is 6.58 Å². The van der Waals surface area contributed by atoms with E-state index in [0.717, 1.165) is 6.42 Å². The van der Waals surface area contributed by atoms with Crippen molar-refractivity contribution in [2.24, 2.45) is 0 Å². The quantitative estimate of drug-likeness (QED) is 0.753. The lowest BCUT2D eigenvalue weighted by molar-refractivity contribution is 0.0637. The highest BCUT2D eigenvalue weighted by molar-refractivity contribution is 6.32. The summed E-state index contributed by atoms with van der Waals surface area (Å²) in [6.07, 6.45) is 4.60. The lowest BCUT2D eigenvalue weighted by Crippen LogP contribution is -2.34. The Morgan fingerprint density at radius 1 is 1.68 bits per heavy atom. The maximum absolute atomic E-state index is 11.8. The Morgan fingerprint density at radius 3 is 2.95 bits per heavy atom. The van der Waals surface area contributed by atoms with Gasteiger partial charge in [-0.3, -0.25) is 4.79 Å². The molecule has 0 amide bonds. The number of aliphatic hydroxyl groups is 1. The van der Waals surface area contributed by atoms with Gasteiger partial charge < -0.3 is 10.4 Å². The van der Waals surface area contributed by atoms with E-state index in [2.05, 4.69) is 17.0 Å². The maximum Gasteiger partial charge on any atom is 0.287 e. The van der Waals surface area contributed by atoms with Crippen LogP contribution in [0, 0.1) is 0 Å². The number of anilines is 1. The molecule has 0 saturated heterocycles. The van der Waals surface area contributed by atoms with Crippen LogP contribution >= 0.6 is 11.6 Å². The third-order valence-corrected chi connectivity index (χ3v) is 3.10. The summed E-state index contributed by atoms with van der Waals surface area (Å²) in [5, 5.41) is 17.1. The fourth-order valence-electron chi connectivity index (χ4n) is 1.75. The van der Waals surface area contributed by atoms with Gasteiger partial charge in [0.05, 0.1) is 24.0 Å². The molecule has 1 rings (SSSR count). The fraction of sp³-hybridized carbons (Fsp3) is 0.538. The van der Waals surface area contributed by atoms with E-state index < -0.39 is 5.60 Å². The molecule has 0 aliphatic rings. The van der Waals surface area contributed by atoms with E-state index >= 15 is 0 Å². The van der Waals surface area contributed by atoms with Crippen LogP contribution in [-0.4, -0.2) is 27.0 Å². The van der Waals surface area contributed by atoms with Gasteiger partial charge in [-0.1, -0.05) is 31.0 Å². The van der Waals surface area contributed by atoms with Crippen molar-refractivity contribution in [1.82, 2.24) is 9.78 Å². The van der Waals surface area contributed by atoms with Gasteiger partial charge in [0.2, 0.25) is 0 Å². The Balaban J connectivity index is 2.83. The van der Waals surface area contributed by atoms with Gasteiger partial charge in [0, 0.05) is 6.54 Å². The SMILES string of the molecule is C=CCn1ncc(NCC(C)(O)CCC)c(Cl)c1=O. The average molecular weight is 286 g/mol. The van der Waals surface area contributed by atoms with E-state index in [1.54, 1.807) is 13.0 Å². The molecule has 0 saturated carbocycles. The Hall–Kier alpha value is -1.33. The third kappa shape index (κ3) is 4.36. The number of halogens is 1. The predicted octanol–water partition coefficient (Wildman–Crippen LogP) is 2.05. The summed E-state index contributed by atoms with van der Waals surface area (Å²) in [6.45, 7) is 7.91. The third-order valence-electron chi connectivity index (χ3n) is 2.74. The van der Waals surface area contributed by atoms with Crippen molar-refractivity contribution in [2.75, 3.05) is 11.9 Å². The van der Waals surface area contributed by atoms with Crippen molar-refractivity contribution in [3.8, 4) is 0 Å². The molecule has 19 heavy (non-hydrogen) atoms. The van der Waals surface area contributed by atoms with Gasteiger partial charge in [-0.05, 0) is 13.3 Å². The Labute approximate surface area is 117 Å². The smallest absolute Gasteiger partial charge is 0.287 e. The summed E-state index contributed by atoms with van der Waals surface area (Å²) in [5.74, 6) is 0. The first-order chi connectivity index (χ1) is 8.91. The van der Waals surface area contributed by atoms with Crippen molar-refractivity contribution in [1.29, 1.82) is 0 Å². The molecule has 5 nitrogen and oxygen atoms in total. The molecule has 1 aromatic rings. The van der Waals surface area contributed by atoms with Crippen LogP contribution in [0.4, 0.5) is 5.69 Å². The van der Waals surface area contributed by atoms with Crippen molar-refractivity contribution >= 4 is 17.3 Å². The Bertz CT molecular complexity index is 497. The van der Waals surface area contributed by atoms with E-state index in [4.69, 9.17) is 11.6 Å². The van der Waals surface area contributed by atoms with Crippen LogP contribution < -0.4 is 10.9 Å². The molecular formula is C13H20ClN3O2. The van der Waals surface area contributed by atoms with E-state index in [1.165, 1.54) is 10.9 Å². The van der Waals surface area contributed by atoms with Gasteiger partial charge in [-0.2, -0.15) is 5.10 Å². The second kappa shape index (κ2) is 6.73. The molecule has 0 bridgehead atoms. The molecule has 0 radical (unpaired) electrons. The minimum atomic E-state index is -0.839. The summed E-state index contributed by atoms with van der Waals surface area (Å²) in [6, 6.07) is 0. The van der Waals surface area contributed by atoms with Gasteiger partial charge in [0.15, 0.2) is 0 Å². The molecule has 0 fully saturated rings. The van der Waals surface area contributed by atoms with Crippen molar-refractivity contribution in [2.45, 2.75) is 38.8 Å². The van der Waals surface area contributed by atoms with E-state index in [1.807, 2.05) is 6.92 Å². The van der Waals surface area contributed by atoms with Gasteiger partial charge in [-0.25, -0.2) is 4.68 Å². The topological polar surface area (TPSA) is 67.2 Å². The van der Waals surface area contributed by atoms with E-state index in [9.17, 15) is 9.90 Å². The summed E-state index contributed by atoms with van der Waals surface area (Å²) in [7, 11) is 0. The minimum Gasteiger partial charge on any atom is -0.388 e. The summed E-state index contributed by atoms with van der Waals surface area (Å²) in [4.78, 5) is 11.8. The summed E-state index contributed by atoms with van der Waals surface area (Å²) < 4.78 is 1.23. The van der Waals surface area contributed by atoms with Gasteiger partial charge in [0.25, 0.3) is 5.56 Å². The highest BCUT2D eigenvalue weighted by Crippen LogP contribution is 2.18. The van der Waals surface area contributed by atoms with Crippen LogP contribution in [0.15, 0.2) is 23.6 Å². The number of allylic oxidation sites excluding steroid dienone is 1. The highest BCUT2D eigenvalue weighted by Gasteiger charge is 2.19. The van der Waals surface area contributed by atoms with Gasteiger partial charge >= 0.3 is 0 Å². The maximum atomic E-state index is 11.8. The van der Waals surface area contributed by atoms with Crippen LogP contribution in [0.5, 0.6) is 0 Å². The molecule has 0 spiro atoms. The van der Waals surface area contributed by atoms with Crippen LogP contribution in [0.2, 0.25) is 5.02 Å². The van der Waals surface area contributed by atoms with Crippen LogP contribution in [0.3, 0.4) is 0 Å². The Kier molecular flexibility index (Phi) is 5.57. The minimum absolute atomic E-state index is 0.0733. The zero-order chi connectivity index (χ0) is 14.5. The summed E-state index contributed by atoms with van der Waals surface area (Å²) in [5.41, 5.74) is -0.779. The second-order valence-electron chi connectivity index (χ2n) is 4.75. The molecule has 0 aliphatic carbocycles. The zero-order valence-corrected chi connectivity index (χ0v) is 12.1. The second-order valence-corrected chi connectivity index (χ2v) is 5.13. The lowest BCUT2D eigenvalue weighted by Gasteiger charge is -2.23. The normalized spacial score (nSPS) is 13.9. The first-order valence-electron chi connectivity index (χ1n) is 6.24. The van der Waals surface area contributed by atoms with Gasteiger partial charge in [0.1, 0.15) is 5.02 Å². The summed E-state index contributed by atoms with van der Waals surface area (Å²) >= 11 is 5.99. The van der Waals surface area contributed by atoms with Crippen molar-refractivity contribution in [3.63, 3.8) is 0 Å². The molecular weight excluding hydrogens is 266 g/mol. The number of rotatable bonds is 7. The first-order valence-corrected chi connectivity index (χ1v) is 6.62. The van der Waals surface area contributed by atoms with Crippen molar-refractivity contribution < 1.29 is 5.11 Å². The molecule has 1 aromatic heterocycles. The number of nitrogens with one attached hydrogen (secondary N) is 1. The number of aromatic nitrogens is 2. The standard InChI is InChI=1S/C13H20ClN3O2/c1-4-6-13(3,19)9-15-10-8-16-17(7-5-2)12(18)11(10)14/h5,8,15,19H,2,4,6-7,9H2,1,3H3. The molecule has 106 valence electrons.